The minimum atomic E-state index is -3.56. The van der Waals surface area contributed by atoms with Crippen LogP contribution in [0.4, 0.5) is 5.69 Å². The van der Waals surface area contributed by atoms with E-state index in [2.05, 4.69) is 16.4 Å². The number of ether oxygens (including phenoxy) is 1. The van der Waals surface area contributed by atoms with Crippen LogP contribution < -0.4 is 19.9 Å². The molecule has 0 heterocycles. The van der Waals surface area contributed by atoms with Crippen LogP contribution in [0.1, 0.15) is 32.6 Å². The molecule has 0 atom stereocenters. The Morgan fingerprint density at radius 1 is 1.14 bits per heavy atom. The lowest BCUT2D eigenvalue weighted by molar-refractivity contribution is 0.305. The van der Waals surface area contributed by atoms with Gasteiger partial charge in [-0.05, 0) is 30.7 Å². The maximum absolute atomic E-state index is 11.6. The average molecular weight is 315 g/mol. The molecule has 0 saturated carbocycles. The molecule has 120 valence electrons. The Balaban J connectivity index is 2.39. The lowest BCUT2D eigenvalue weighted by Crippen LogP contribution is -2.33. The van der Waals surface area contributed by atoms with E-state index in [4.69, 9.17) is 10.5 Å². The van der Waals surface area contributed by atoms with Gasteiger partial charge in [-0.1, -0.05) is 26.2 Å². The zero-order chi connectivity index (χ0) is 15.6. The van der Waals surface area contributed by atoms with Crippen molar-refractivity contribution in [3.05, 3.63) is 24.3 Å². The van der Waals surface area contributed by atoms with Gasteiger partial charge in [-0.2, -0.15) is 13.1 Å². The molecule has 0 aromatic heterocycles. The first-order chi connectivity index (χ1) is 10.1. The Morgan fingerprint density at radius 2 is 1.86 bits per heavy atom. The minimum absolute atomic E-state index is 0.203. The summed E-state index contributed by atoms with van der Waals surface area (Å²) < 4.78 is 33.6. The third-order valence-electron chi connectivity index (χ3n) is 2.81. The van der Waals surface area contributed by atoms with Gasteiger partial charge < -0.3 is 10.5 Å². The molecule has 6 nitrogen and oxygen atoms in total. The molecule has 0 aliphatic heterocycles. The number of rotatable bonds is 11. The molecule has 0 aliphatic carbocycles. The van der Waals surface area contributed by atoms with Crippen LogP contribution >= 0.6 is 0 Å². The van der Waals surface area contributed by atoms with Crippen LogP contribution in [0.5, 0.6) is 5.75 Å². The van der Waals surface area contributed by atoms with Gasteiger partial charge in [0.05, 0.1) is 6.61 Å². The monoisotopic (exact) mass is 315 g/mol. The molecule has 0 spiro atoms. The molecule has 0 unspecified atom stereocenters. The quantitative estimate of drug-likeness (QED) is 0.543. The molecule has 0 fully saturated rings. The van der Waals surface area contributed by atoms with Gasteiger partial charge in [-0.25, -0.2) is 0 Å². The van der Waals surface area contributed by atoms with Crippen LogP contribution in [0.25, 0.3) is 0 Å². The molecule has 1 aromatic carbocycles. The van der Waals surface area contributed by atoms with E-state index in [0.717, 1.165) is 12.2 Å². The SMILES string of the molecule is CCCCCCOc1ccc(NS(=O)(=O)NCCN)cc1. The van der Waals surface area contributed by atoms with Crippen molar-refractivity contribution >= 4 is 15.9 Å². The summed E-state index contributed by atoms with van der Waals surface area (Å²) in [5, 5.41) is 0. The predicted molar refractivity (Wildman–Crippen MR) is 85.7 cm³/mol. The van der Waals surface area contributed by atoms with Crippen molar-refractivity contribution in [1.29, 1.82) is 0 Å². The second kappa shape index (κ2) is 9.59. The second-order valence-corrected chi connectivity index (χ2v) is 6.22. The molecule has 0 aliphatic rings. The predicted octanol–water partition coefficient (Wildman–Crippen LogP) is 1.85. The summed E-state index contributed by atoms with van der Waals surface area (Å²) in [5.41, 5.74) is 5.74. The molecule has 0 bridgehead atoms. The van der Waals surface area contributed by atoms with Crippen molar-refractivity contribution in [3.63, 3.8) is 0 Å². The molecule has 1 rings (SSSR count). The molecular weight excluding hydrogens is 290 g/mol. The van der Waals surface area contributed by atoms with Crippen molar-refractivity contribution in [2.45, 2.75) is 32.6 Å². The Hall–Kier alpha value is -1.31. The highest BCUT2D eigenvalue weighted by Gasteiger charge is 2.08. The van der Waals surface area contributed by atoms with Gasteiger partial charge in [0.25, 0.3) is 10.2 Å². The average Bonchev–Trinajstić information content (AvgIpc) is 2.46. The van der Waals surface area contributed by atoms with Gasteiger partial charge in [0.2, 0.25) is 0 Å². The fourth-order valence-electron chi connectivity index (χ4n) is 1.72. The van der Waals surface area contributed by atoms with E-state index < -0.39 is 10.2 Å². The molecule has 0 radical (unpaired) electrons. The first-order valence-electron chi connectivity index (χ1n) is 7.27. The van der Waals surface area contributed by atoms with Gasteiger partial charge in [0.15, 0.2) is 0 Å². The van der Waals surface area contributed by atoms with Crippen LogP contribution in [-0.2, 0) is 10.2 Å². The Bertz CT molecular complexity index is 489. The van der Waals surface area contributed by atoms with E-state index in [1.165, 1.54) is 19.3 Å². The van der Waals surface area contributed by atoms with E-state index in [-0.39, 0.29) is 13.1 Å². The fraction of sp³-hybridized carbons (Fsp3) is 0.571. The summed E-state index contributed by atoms with van der Waals surface area (Å²) in [5.74, 6) is 0.740. The minimum Gasteiger partial charge on any atom is -0.494 e. The third kappa shape index (κ3) is 7.89. The van der Waals surface area contributed by atoms with E-state index in [1.807, 2.05) is 0 Å². The lowest BCUT2D eigenvalue weighted by atomic mass is 10.2. The normalized spacial score (nSPS) is 11.3. The highest BCUT2D eigenvalue weighted by molar-refractivity contribution is 7.90. The highest BCUT2D eigenvalue weighted by atomic mass is 32.2. The van der Waals surface area contributed by atoms with Crippen molar-refractivity contribution in [1.82, 2.24) is 4.72 Å². The van der Waals surface area contributed by atoms with Crippen LogP contribution in [-0.4, -0.2) is 28.1 Å². The van der Waals surface area contributed by atoms with Crippen molar-refractivity contribution in [3.8, 4) is 5.75 Å². The van der Waals surface area contributed by atoms with E-state index in [9.17, 15) is 8.42 Å². The summed E-state index contributed by atoms with van der Waals surface area (Å²) in [6.45, 7) is 3.31. The number of hydrogen-bond donors (Lipinski definition) is 3. The van der Waals surface area contributed by atoms with Gasteiger partial charge in [0, 0.05) is 18.8 Å². The van der Waals surface area contributed by atoms with Crippen LogP contribution in [0.3, 0.4) is 0 Å². The third-order valence-corrected chi connectivity index (χ3v) is 3.90. The van der Waals surface area contributed by atoms with Crippen LogP contribution in [0.2, 0.25) is 0 Å². The zero-order valence-corrected chi connectivity index (χ0v) is 13.3. The van der Waals surface area contributed by atoms with Crippen LogP contribution in [0, 0.1) is 0 Å². The fourth-order valence-corrected chi connectivity index (χ4v) is 2.63. The van der Waals surface area contributed by atoms with Gasteiger partial charge in [-0.15, -0.1) is 0 Å². The number of hydrogen-bond acceptors (Lipinski definition) is 4. The number of anilines is 1. The summed E-state index contributed by atoms with van der Waals surface area (Å²) in [6.07, 6.45) is 4.62. The largest absolute Gasteiger partial charge is 0.494 e. The Labute approximate surface area is 127 Å². The summed E-state index contributed by atoms with van der Waals surface area (Å²) in [4.78, 5) is 0. The van der Waals surface area contributed by atoms with Crippen molar-refractivity contribution in [2.75, 3.05) is 24.4 Å². The molecule has 21 heavy (non-hydrogen) atoms. The highest BCUT2D eigenvalue weighted by Crippen LogP contribution is 2.16. The lowest BCUT2D eigenvalue weighted by Gasteiger charge is -2.10. The zero-order valence-electron chi connectivity index (χ0n) is 12.5. The van der Waals surface area contributed by atoms with E-state index in [1.54, 1.807) is 24.3 Å². The maximum Gasteiger partial charge on any atom is 0.299 e. The molecule has 7 heteroatoms. The molecule has 1 aromatic rings. The molecule has 0 amide bonds. The Kier molecular flexibility index (Phi) is 8.11. The number of nitrogens with one attached hydrogen (secondary N) is 2. The topological polar surface area (TPSA) is 93.4 Å². The summed E-state index contributed by atoms with van der Waals surface area (Å²) >= 11 is 0. The maximum atomic E-state index is 11.6. The molecular formula is C14H25N3O3S. The van der Waals surface area contributed by atoms with Crippen LogP contribution in [0.15, 0.2) is 24.3 Å². The standard InChI is InChI=1S/C14H25N3O3S/c1-2-3-4-5-12-20-14-8-6-13(7-9-14)17-21(18,19)16-11-10-15/h6-9,16-17H,2-5,10-12,15H2,1H3. The summed E-state index contributed by atoms with van der Waals surface area (Å²) in [7, 11) is -3.56. The second-order valence-electron chi connectivity index (χ2n) is 4.72. The van der Waals surface area contributed by atoms with Crippen molar-refractivity contribution in [2.24, 2.45) is 5.73 Å². The number of nitrogens with two attached hydrogens (primary N) is 1. The molecule has 0 saturated heterocycles. The Morgan fingerprint density at radius 3 is 2.48 bits per heavy atom. The first-order valence-corrected chi connectivity index (χ1v) is 8.76. The number of unbranched alkanes of at least 4 members (excludes halogenated alkanes) is 3. The van der Waals surface area contributed by atoms with E-state index in [0.29, 0.717) is 12.3 Å². The van der Waals surface area contributed by atoms with E-state index >= 15 is 0 Å². The molecule has 4 N–H and O–H groups in total. The number of benzene rings is 1. The van der Waals surface area contributed by atoms with Gasteiger partial charge in [-0.3, -0.25) is 4.72 Å². The van der Waals surface area contributed by atoms with Gasteiger partial charge in [0.1, 0.15) is 5.75 Å². The first kappa shape index (κ1) is 17.7. The summed E-state index contributed by atoms with van der Waals surface area (Å²) in [6, 6.07) is 6.84. The smallest absolute Gasteiger partial charge is 0.299 e. The van der Waals surface area contributed by atoms with Crippen molar-refractivity contribution < 1.29 is 13.2 Å². The van der Waals surface area contributed by atoms with Gasteiger partial charge >= 0.3 is 0 Å².